The Hall–Kier alpha value is -1.63. The van der Waals surface area contributed by atoms with E-state index in [0.29, 0.717) is 19.5 Å². The number of nitrogens with one attached hydrogen (secondary N) is 2. The minimum atomic E-state index is -0.854. The summed E-state index contributed by atoms with van der Waals surface area (Å²) in [5.74, 6) is -1.25. The van der Waals surface area contributed by atoms with E-state index in [4.69, 9.17) is 5.11 Å². The Kier molecular flexibility index (Phi) is 9.42. The van der Waals surface area contributed by atoms with Crippen molar-refractivity contribution < 1.29 is 19.5 Å². The Labute approximate surface area is 113 Å². The van der Waals surface area contributed by atoms with E-state index in [-0.39, 0.29) is 13.0 Å². The maximum absolute atomic E-state index is 11.5. The SMILES string of the molecule is CCCCNC(=O)NC(=O)CN(C)CCCC(=O)O. The third-order valence-electron chi connectivity index (χ3n) is 2.41. The van der Waals surface area contributed by atoms with Crippen LogP contribution in [0.4, 0.5) is 4.79 Å². The Morgan fingerprint density at radius 1 is 1.21 bits per heavy atom. The molecule has 0 aliphatic carbocycles. The van der Waals surface area contributed by atoms with Crippen molar-refractivity contribution in [1.82, 2.24) is 15.5 Å². The van der Waals surface area contributed by atoms with E-state index in [9.17, 15) is 14.4 Å². The molecule has 0 heterocycles. The molecule has 110 valence electrons. The lowest BCUT2D eigenvalue weighted by Gasteiger charge is -2.15. The Balaban J connectivity index is 3.71. The van der Waals surface area contributed by atoms with Gasteiger partial charge in [0.2, 0.25) is 5.91 Å². The van der Waals surface area contributed by atoms with Gasteiger partial charge in [-0.2, -0.15) is 0 Å². The van der Waals surface area contributed by atoms with Gasteiger partial charge in [-0.25, -0.2) is 4.79 Å². The summed E-state index contributed by atoms with van der Waals surface area (Å²) in [7, 11) is 1.70. The van der Waals surface area contributed by atoms with Gasteiger partial charge in [-0.15, -0.1) is 0 Å². The molecule has 0 aromatic rings. The third kappa shape index (κ3) is 11.2. The predicted octanol–water partition coefficient (Wildman–Crippen LogP) is 0.409. The fraction of sp³-hybridized carbons (Fsp3) is 0.750. The lowest BCUT2D eigenvalue weighted by molar-refractivity contribution is -0.137. The summed E-state index contributed by atoms with van der Waals surface area (Å²) in [6.07, 6.45) is 2.39. The number of carboxylic acid groups (broad SMARTS) is 1. The Morgan fingerprint density at radius 2 is 1.89 bits per heavy atom. The summed E-state index contributed by atoms with van der Waals surface area (Å²) >= 11 is 0. The number of unbranched alkanes of at least 4 members (excludes halogenated alkanes) is 1. The smallest absolute Gasteiger partial charge is 0.321 e. The molecule has 7 heteroatoms. The normalized spacial score (nSPS) is 10.3. The van der Waals surface area contributed by atoms with Gasteiger partial charge in [0.15, 0.2) is 0 Å². The number of aliphatic carboxylic acids is 1. The first kappa shape index (κ1) is 17.4. The zero-order chi connectivity index (χ0) is 14.7. The van der Waals surface area contributed by atoms with Crippen molar-refractivity contribution in [2.24, 2.45) is 0 Å². The zero-order valence-electron chi connectivity index (χ0n) is 11.6. The van der Waals surface area contributed by atoms with Crippen LogP contribution in [0.5, 0.6) is 0 Å². The average molecular weight is 273 g/mol. The molecular formula is C12H23N3O4. The van der Waals surface area contributed by atoms with Gasteiger partial charge in [0.25, 0.3) is 0 Å². The summed E-state index contributed by atoms with van der Waals surface area (Å²) in [6.45, 7) is 3.12. The van der Waals surface area contributed by atoms with E-state index in [1.165, 1.54) is 0 Å². The number of amides is 3. The molecule has 0 aliphatic rings. The van der Waals surface area contributed by atoms with Crippen LogP contribution in [-0.2, 0) is 9.59 Å². The van der Waals surface area contributed by atoms with Crippen LogP contribution >= 0.6 is 0 Å². The molecule has 0 saturated carbocycles. The largest absolute Gasteiger partial charge is 0.481 e. The van der Waals surface area contributed by atoms with Gasteiger partial charge in [-0.1, -0.05) is 13.3 Å². The van der Waals surface area contributed by atoms with Crippen LogP contribution < -0.4 is 10.6 Å². The van der Waals surface area contributed by atoms with Gasteiger partial charge < -0.3 is 10.4 Å². The molecule has 0 aromatic carbocycles. The van der Waals surface area contributed by atoms with Crippen LogP contribution in [0.2, 0.25) is 0 Å². The molecule has 0 unspecified atom stereocenters. The maximum atomic E-state index is 11.5. The molecule has 7 nitrogen and oxygen atoms in total. The third-order valence-corrected chi connectivity index (χ3v) is 2.41. The van der Waals surface area contributed by atoms with E-state index in [0.717, 1.165) is 12.8 Å². The van der Waals surface area contributed by atoms with Crippen LogP contribution in [-0.4, -0.2) is 54.6 Å². The van der Waals surface area contributed by atoms with Crippen molar-refractivity contribution in [2.45, 2.75) is 32.6 Å². The number of hydrogen-bond acceptors (Lipinski definition) is 4. The van der Waals surface area contributed by atoms with Crippen LogP contribution in [0.25, 0.3) is 0 Å². The van der Waals surface area contributed by atoms with Crippen molar-refractivity contribution in [3.8, 4) is 0 Å². The van der Waals surface area contributed by atoms with Crippen LogP contribution in [0.3, 0.4) is 0 Å². The second kappa shape index (κ2) is 10.3. The summed E-state index contributed by atoms with van der Waals surface area (Å²) in [4.78, 5) is 34.7. The van der Waals surface area contributed by atoms with E-state index >= 15 is 0 Å². The van der Waals surface area contributed by atoms with Crippen molar-refractivity contribution in [2.75, 3.05) is 26.7 Å². The van der Waals surface area contributed by atoms with Gasteiger partial charge in [-0.3, -0.25) is 19.8 Å². The highest BCUT2D eigenvalue weighted by Gasteiger charge is 2.10. The molecule has 3 amide bonds. The minimum Gasteiger partial charge on any atom is -0.481 e. The van der Waals surface area contributed by atoms with Gasteiger partial charge in [-0.05, 0) is 26.4 Å². The van der Waals surface area contributed by atoms with Crippen molar-refractivity contribution >= 4 is 17.9 Å². The average Bonchev–Trinajstić information content (AvgIpc) is 2.28. The van der Waals surface area contributed by atoms with Crippen molar-refractivity contribution in [3.05, 3.63) is 0 Å². The van der Waals surface area contributed by atoms with Crippen molar-refractivity contribution in [3.63, 3.8) is 0 Å². The summed E-state index contributed by atoms with van der Waals surface area (Å²) in [5, 5.41) is 13.3. The fourth-order valence-corrected chi connectivity index (χ4v) is 1.41. The summed E-state index contributed by atoms with van der Waals surface area (Å²) in [6, 6.07) is -0.489. The highest BCUT2D eigenvalue weighted by atomic mass is 16.4. The van der Waals surface area contributed by atoms with Gasteiger partial charge in [0.1, 0.15) is 0 Å². The quantitative estimate of drug-likeness (QED) is 0.528. The first-order chi connectivity index (χ1) is 8.95. The number of hydrogen-bond donors (Lipinski definition) is 3. The Bertz CT molecular complexity index is 307. The lowest BCUT2D eigenvalue weighted by atomic mass is 10.3. The molecule has 0 saturated heterocycles. The van der Waals surface area contributed by atoms with Crippen molar-refractivity contribution in [1.29, 1.82) is 0 Å². The molecule has 3 N–H and O–H groups in total. The number of imide groups is 1. The molecule has 0 rings (SSSR count). The molecule has 0 atom stereocenters. The van der Waals surface area contributed by atoms with E-state index in [2.05, 4.69) is 10.6 Å². The number of nitrogens with zero attached hydrogens (tertiary/aromatic N) is 1. The molecular weight excluding hydrogens is 250 g/mol. The van der Waals surface area contributed by atoms with E-state index in [1.54, 1.807) is 11.9 Å². The minimum absolute atomic E-state index is 0.0703. The molecule has 0 spiro atoms. The first-order valence-electron chi connectivity index (χ1n) is 6.43. The molecule has 0 aliphatic heterocycles. The monoisotopic (exact) mass is 273 g/mol. The number of likely N-dealkylation sites (N-methyl/N-ethyl adjacent to an activating group) is 1. The van der Waals surface area contributed by atoms with Crippen LogP contribution in [0, 0.1) is 0 Å². The second-order valence-corrected chi connectivity index (χ2v) is 4.39. The summed E-state index contributed by atoms with van der Waals surface area (Å²) in [5.41, 5.74) is 0. The number of carbonyl (C=O) groups is 3. The van der Waals surface area contributed by atoms with Crippen LogP contribution in [0.1, 0.15) is 32.6 Å². The van der Waals surface area contributed by atoms with E-state index < -0.39 is 17.9 Å². The molecule has 0 fully saturated rings. The topological polar surface area (TPSA) is 98.7 Å². The molecule has 0 radical (unpaired) electrons. The van der Waals surface area contributed by atoms with Gasteiger partial charge in [0, 0.05) is 13.0 Å². The molecule has 19 heavy (non-hydrogen) atoms. The van der Waals surface area contributed by atoms with E-state index in [1.807, 2.05) is 6.92 Å². The highest BCUT2D eigenvalue weighted by Crippen LogP contribution is 1.92. The Morgan fingerprint density at radius 3 is 2.47 bits per heavy atom. The zero-order valence-corrected chi connectivity index (χ0v) is 11.6. The van der Waals surface area contributed by atoms with Gasteiger partial charge in [0.05, 0.1) is 6.54 Å². The maximum Gasteiger partial charge on any atom is 0.321 e. The standard InChI is InChI=1S/C12H23N3O4/c1-3-4-7-13-12(19)14-10(16)9-15(2)8-5-6-11(17)18/h3-9H2,1-2H3,(H,17,18)(H2,13,14,16,19). The number of rotatable bonds is 9. The van der Waals surface area contributed by atoms with Gasteiger partial charge >= 0.3 is 12.0 Å². The fourth-order valence-electron chi connectivity index (χ4n) is 1.41. The second-order valence-electron chi connectivity index (χ2n) is 4.39. The predicted molar refractivity (Wildman–Crippen MR) is 70.8 cm³/mol. The highest BCUT2D eigenvalue weighted by molar-refractivity contribution is 5.95. The summed E-state index contributed by atoms with van der Waals surface area (Å²) < 4.78 is 0. The lowest BCUT2D eigenvalue weighted by Crippen LogP contribution is -2.44. The number of carbonyl (C=O) groups excluding carboxylic acids is 2. The molecule has 0 aromatic heterocycles. The number of carboxylic acids is 1. The number of urea groups is 1. The molecule has 0 bridgehead atoms. The van der Waals surface area contributed by atoms with Crippen LogP contribution in [0.15, 0.2) is 0 Å². The first-order valence-corrected chi connectivity index (χ1v) is 6.43.